The Bertz CT molecular complexity index is 1060. The third-order valence-corrected chi connectivity index (χ3v) is 6.47. The van der Waals surface area contributed by atoms with E-state index in [0.717, 1.165) is 18.2 Å². The van der Waals surface area contributed by atoms with E-state index in [-0.39, 0.29) is 29.5 Å². The molecule has 9 heteroatoms. The molecule has 2 aromatic rings. The van der Waals surface area contributed by atoms with Crippen LogP contribution in [0.2, 0.25) is 0 Å². The molecule has 2 rings (SSSR count). The van der Waals surface area contributed by atoms with Gasteiger partial charge in [-0.05, 0) is 63.2 Å². The van der Waals surface area contributed by atoms with E-state index >= 15 is 0 Å². The molecule has 0 aliphatic heterocycles. The van der Waals surface area contributed by atoms with Gasteiger partial charge in [0.05, 0.1) is 10.5 Å². The lowest BCUT2D eigenvalue weighted by Crippen LogP contribution is -2.40. The maximum absolute atomic E-state index is 14.3. The van der Waals surface area contributed by atoms with Crippen molar-refractivity contribution in [2.45, 2.75) is 45.1 Å². The summed E-state index contributed by atoms with van der Waals surface area (Å²) >= 11 is 0. The Hall–Kier alpha value is -2.78. The van der Waals surface area contributed by atoms with E-state index in [1.54, 1.807) is 13.8 Å². The van der Waals surface area contributed by atoms with Crippen molar-refractivity contribution in [3.63, 3.8) is 0 Å². The summed E-state index contributed by atoms with van der Waals surface area (Å²) in [5.41, 5.74) is -0.0271. The lowest BCUT2D eigenvalue weighted by atomic mass is 10.1. The minimum Gasteiger partial charge on any atom is -0.347 e. The zero-order valence-electron chi connectivity index (χ0n) is 18.3. The molecule has 0 saturated carbocycles. The van der Waals surface area contributed by atoms with Crippen molar-refractivity contribution in [1.29, 1.82) is 0 Å². The summed E-state index contributed by atoms with van der Waals surface area (Å²) in [6.07, 6.45) is 0. The van der Waals surface area contributed by atoms with E-state index < -0.39 is 27.3 Å². The number of amides is 2. The van der Waals surface area contributed by atoms with Crippen molar-refractivity contribution >= 4 is 27.5 Å². The van der Waals surface area contributed by atoms with Crippen LogP contribution in [0.1, 0.15) is 55.3 Å². The lowest BCUT2D eigenvalue weighted by molar-refractivity contribution is 0.0919. The van der Waals surface area contributed by atoms with Crippen molar-refractivity contribution in [1.82, 2.24) is 9.62 Å². The summed E-state index contributed by atoms with van der Waals surface area (Å²) in [6, 6.07) is 9.24. The Labute approximate surface area is 182 Å². The molecule has 0 bridgehead atoms. The van der Waals surface area contributed by atoms with Crippen molar-refractivity contribution in [3.8, 4) is 0 Å². The second kappa shape index (κ2) is 9.57. The first-order valence-electron chi connectivity index (χ1n) is 9.92. The van der Waals surface area contributed by atoms with Gasteiger partial charge in [-0.3, -0.25) is 9.59 Å². The number of rotatable bonds is 7. The van der Waals surface area contributed by atoms with Crippen LogP contribution >= 0.6 is 0 Å². The summed E-state index contributed by atoms with van der Waals surface area (Å²) in [7, 11) is -3.83. The van der Waals surface area contributed by atoms with Crippen molar-refractivity contribution in [3.05, 3.63) is 59.4 Å². The predicted octanol–water partition coefficient (Wildman–Crippen LogP) is 3.64. The molecular formula is C22H28FN3O4S. The highest BCUT2D eigenvalue weighted by Gasteiger charge is 2.24. The standard InChI is InChI=1S/C22H28FN3O4S/c1-6-26(7-2)31(29,30)17-12-13-19(23)18(14-17)21(28)24-16-10-8-15(9-11-16)20(27)25-22(3,4)5/h8-14H,6-7H2,1-5H3,(H,24,28)(H,25,27). The molecule has 2 N–H and O–H groups in total. The molecule has 0 aliphatic carbocycles. The molecule has 0 aromatic heterocycles. The molecule has 31 heavy (non-hydrogen) atoms. The number of hydrogen-bond donors (Lipinski definition) is 2. The van der Waals surface area contributed by atoms with Gasteiger partial charge >= 0.3 is 0 Å². The fourth-order valence-electron chi connectivity index (χ4n) is 2.87. The second-order valence-electron chi connectivity index (χ2n) is 7.97. The average Bonchev–Trinajstić information content (AvgIpc) is 2.68. The van der Waals surface area contributed by atoms with Gasteiger partial charge in [0.25, 0.3) is 11.8 Å². The zero-order valence-corrected chi connectivity index (χ0v) is 19.1. The first-order valence-corrected chi connectivity index (χ1v) is 11.4. The number of halogens is 1. The number of nitrogens with zero attached hydrogens (tertiary/aromatic N) is 1. The Morgan fingerprint density at radius 3 is 2.06 bits per heavy atom. The molecule has 0 fully saturated rings. The summed E-state index contributed by atoms with van der Waals surface area (Å²) in [5.74, 6) is -1.89. The van der Waals surface area contributed by atoms with Crippen molar-refractivity contribution in [2.24, 2.45) is 0 Å². The van der Waals surface area contributed by atoms with E-state index in [0.29, 0.717) is 11.3 Å². The molecule has 0 aliphatic rings. The normalized spacial score (nSPS) is 12.0. The van der Waals surface area contributed by atoms with Gasteiger partial charge in [-0.1, -0.05) is 13.8 Å². The lowest BCUT2D eigenvalue weighted by Gasteiger charge is -2.20. The van der Waals surface area contributed by atoms with Crippen LogP contribution in [-0.2, 0) is 10.0 Å². The van der Waals surface area contributed by atoms with Gasteiger partial charge in [-0.25, -0.2) is 12.8 Å². The minimum absolute atomic E-state index is 0.156. The predicted molar refractivity (Wildman–Crippen MR) is 118 cm³/mol. The monoisotopic (exact) mass is 449 g/mol. The molecule has 0 saturated heterocycles. The van der Waals surface area contributed by atoms with Crippen LogP contribution in [0.4, 0.5) is 10.1 Å². The van der Waals surface area contributed by atoms with Crippen LogP contribution in [0.25, 0.3) is 0 Å². The minimum atomic E-state index is -3.83. The smallest absolute Gasteiger partial charge is 0.258 e. The van der Waals surface area contributed by atoms with Crippen LogP contribution in [0.5, 0.6) is 0 Å². The van der Waals surface area contributed by atoms with E-state index in [9.17, 15) is 22.4 Å². The summed E-state index contributed by atoms with van der Waals surface area (Å²) in [5, 5.41) is 5.36. The van der Waals surface area contributed by atoms with E-state index in [4.69, 9.17) is 0 Å². The highest BCUT2D eigenvalue weighted by atomic mass is 32.2. The molecular weight excluding hydrogens is 421 g/mol. The first-order chi connectivity index (χ1) is 14.4. The molecule has 2 aromatic carbocycles. The number of carbonyl (C=O) groups excluding carboxylic acids is 2. The van der Waals surface area contributed by atoms with Crippen LogP contribution in [-0.4, -0.2) is 43.2 Å². The highest BCUT2D eigenvalue weighted by molar-refractivity contribution is 7.89. The molecule has 2 amide bonds. The van der Waals surface area contributed by atoms with E-state index in [1.165, 1.54) is 28.6 Å². The number of hydrogen-bond acceptors (Lipinski definition) is 4. The molecule has 0 heterocycles. The van der Waals surface area contributed by atoms with Crippen molar-refractivity contribution in [2.75, 3.05) is 18.4 Å². The Morgan fingerprint density at radius 2 is 1.55 bits per heavy atom. The van der Waals surface area contributed by atoms with Gasteiger partial charge in [0.15, 0.2) is 0 Å². The molecule has 7 nitrogen and oxygen atoms in total. The molecule has 0 radical (unpaired) electrons. The van der Waals surface area contributed by atoms with Gasteiger partial charge in [0.1, 0.15) is 5.82 Å². The number of anilines is 1. The van der Waals surface area contributed by atoms with Crippen LogP contribution in [0.3, 0.4) is 0 Å². The number of sulfonamides is 1. The Kier molecular flexibility index (Phi) is 7.56. The van der Waals surface area contributed by atoms with Crippen LogP contribution in [0, 0.1) is 5.82 Å². The van der Waals surface area contributed by atoms with Gasteiger partial charge < -0.3 is 10.6 Å². The molecule has 168 valence electrons. The third kappa shape index (κ3) is 6.11. The van der Waals surface area contributed by atoms with Gasteiger partial charge in [-0.15, -0.1) is 0 Å². The number of nitrogens with one attached hydrogen (secondary N) is 2. The fraction of sp³-hybridized carbons (Fsp3) is 0.364. The molecule has 0 spiro atoms. The maximum atomic E-state index is 14.3. The van der Waals surface area contributed by atoms with Gasteiger partial charge in [0, 0.05) is 29.9 Å². The average molecular weight is 450 g/mol. The second-order valence-corrected chi connectivity index (χ2v) is 9.90. The fourth-order valence-corrected chi connectivity index (χ4v) is 4.35. The maximum Gasteiger partial charge on any atom is 0.258 e. The summed E-state index contributed by atoms with van der Waals surface area (Å²) in [4.78, 5) is 24.6. The summed E-state index contributed by atoms with van der Waals surface area (Å²) in [6.45, 7) is 9.50. The zero-order chi connectivity index (χ0) is 23.4. The Balaban J connectivity index is 2.23. The quantitative estimate of drug-likeness (QED) is 0.675. The van der Waals surface area contributed by atoms with Crippen LogP contribution < -0.4 is 10.6 Å². The van der Waals surface area contributed by atoms with E-state index in [2.05, 4.69) is 10.6 Å². The largest absolute Gasteiger partial charge is 0.347 e. The Morgan fingerprint density at radius 1 is 0.968 bits per heavy atom. The van der Waals surface area contributed by atoms with Crippen LogP contribution in [0.15, 0.2) is 47.4 Å². The SMILES string of the molecule is CCN(CC)S(=O)(=O)c1ccc(F)c(C(=O)Nc2ccc(C(=O)NC(C)(C)C)cc2)c1. The van der Waals surface area contributed by atoms with Gasteiger partial charge in [0.2, 0.25) is 10.0 Å². The highest BCUT2D eigenvalue weighted by Crippen LogP contribution is 2.21. The molecule has 0 unspecified atom stereocenters. The van der Waals surface area contributed by atoms with Gasteiger partial charge in [-0.2, -0.15) is 4.31 Å². The number of benzene rings is 2. The number of carbonyl (C=O) groups is 2. The van der Waals surface area contributed by atoms with Crippen molar-refractivity contribution < 1.29 is 22.4 Å². The summed E-state index contributed by atoms with van der Waals surface area (Å²) < 4.78 is 40.9. The van der Waals surface area contributed by atoms with E-state index in [1.807, 2.05) is 20.8 Å². The third-order valence-electron chi connectivity index (χ3n) is 4.42. The molecule has 0 atom stereocenters. The first kappa shape index (κ1) is 24.5. The topological polar surface area (TPSA) is 95.6 Å².